The van der Waals surface area contributed by atoms with Gasteiger partial charge in [0, 0.05) is 6.20 Å². The van der Waals surface area contributed by atoms with E-state index in [2.05, 4.69) is 4.98 Å². The van der Waals surface area contributed by atoms with Gasteiger partial charge in [-0.1, -0.05) is 0 Å². The molecule has 1 aromatic heterocycles. The van der Waals surface area contributed by atoms with Crippen LogP contribution in [-0.4, -0.2) is 22.2 Å². The number of hydrogen-bond acceptors (Lipinski definition) is 4. The van der Waals surface area contributed by atoms with Gasteiger partial charge in [-0.05, 0) is 18.9 Å². The van der Waals surface area contributed by atoms with Crippen LogP contribution in [0.3, 0.4) is 0 Å². The molecule has 0 atom stereocenters. The van der Waals surface area contributed by atoms with Crippen LogP contribution in [0, 0.1) is 0 Å². The maximum atomic E-state index is 10.8. The van der Waals surface area contributed by atoms with Crippen molar-refractivity contribution in [3.63, 3.8) is 0 Å². The van der Waals surface area contributed by atoms with Crippen LogP contribution >= 0.6 is 0 Å². The lowest BCUT2D eigenvalue weighted by atomic mass is 10.3. The van der Waals surface area contributed by atoms with E-state index < -0.39 is 5.97 Å². The molecule has 0 bridgehead atoms. The van der Waals surface area contributed by atoms with E-state index in [0.29, 0.717) is 5.69 Å². The zero-order valence-electron chi connectivity index (χ0n) is 7.43. The number of aromatic nitrogens is 1. The van der Waals surface area contributed by atoms with E-state index in [1.54, 1.807) is 0 Å². The number of rotatable bonds is 3. The minimum Gasteiger partial charge on any atom is -0.486 e. The summed E-state index contributed by atoms with van der Waals surface area (Å²) in [6.45, 7) is 0. The van der Waals surface area contributed by atoms with Crippen LogP contribution in [0.15, 0.2) is 12.3 Å². The van der Waals surface area contributed by atoms with Crippen molar-refractivity contribution in [2.45, 2.75) is 18.9 Å². The van der Waals surface area contributed by atoms with Crippen LogP contribution in [-0.2, 0) is 0 Å². The van der Waals surface area contributed by atoms with Gasteiger partial charge in [-0.15, -0.1) is 0 Å². The first-order valence-electron chi connectivity index (χ1n) is 4.33. The van der Waals surface area contributed by atoms with Crippen molar-refractivity contribution >= 4 is 11.7 Å². The van der Waals surface area contributed by atoms with Gasteiger partial charge in [0.15, 0.2) is 11.4 Å². The molecule has 0 aliphatic heterocycles. The van der Waals surface area contributed by atoms with Crippen LogP contribution in [0.4, 0.5) is 5.69 Å². The van der Waals surface area contributed by atoms with Crippen LogP contribution in [0.1, 0.15) is 23.3 Å². The van der Waals surface area contributed by atoms with Crippen molar-refractivity contribution in [2.24, 2.45) is 0 Å². The summed E-state index contributed by atoms with van der Waals surface area (Å²) in [6, 6.07) is 1.53. The van der Waals surface area contributed by atoms with Crippen molar-refractivity contribution < 1.29 is 14.6 Å². The maximum absolute atomic E-state index is 10.8. The number of hydrogen-bond donors (Lipinski definition) is 2. The third-order valence-corrected chi connectivity index (χ3v) is 1.95. The Morgan fingerprint density at radius 3 is 2.93 bits per heavy atom. The topological polar surface area (TPSA) is 85.4 Å². The molecule has 1 heterocycles. The molecular weight excluding hydrogens is 184 g/mol. The Morgan fingerprint density at radius 2 is 2.36 bits per heavy atom. The van der Waals surface area contributed by atoms with E-state index in [9.17, 15) is 4.79 Å². The lowest BCUT2D eigenvalue weighted by molar-refractivity contribution is 0.0685. The fourth-order valence-corrected chi connectivity index (χ4v) is 1.09. The van der Waals surface area contributed by atoms with E-state index in [0.717, 1.165) is 12.8 Å². The van der Waals surface area contributed by atoms with Gasteiger partial charge in [0.1, 0.15) is 0 Å². The van der Waals surface area contributed by atoms with Crippen LogP contribution in [0.25, 0.3) is 0 Å². The minimum atomic E-state index is -1.12. The average molecular weight is 194 g/mol. The fourth-order valence-electron chi connectivity index (χ4n) is 1.09. The summed E-state index contributed by atoms with van der Waals surface area (Å²) in [5.41, 5.74) is 5.82. The largest absolute Gasteiger partial charge is 0.486 e. The third-order valence-electron chi connectivity index (χ3n) is 1.95. The van der Waals surface area contributed by atoms with Crippen LogP contribution in [0.5, 0.6) is 5.75 Å². The summed E-state index contributed by atoms with van der Waals surface area (Å²) in [7, 11) is 0. The highest BCUT2D eigenvalue weighted by atomic mass is 16.5. The first kappa shape index (κ1) is 8.80. The molecule has 1 aliphatic rings. The molecule has 3 N–H and O–H groups in total. The van der Waals surface area contributed by atoms with E-state index in [4.69, 9.17) is 15.6 Å². The second-order valence-electron chi connectivity index (χ2n) is 3.20. The van der Waals surface area contributed by atoms with Gasteiger partial charge < -0.3 is 15.6 Å². The van der Waals surface area contributed by atoms with Gasteiger partial charge >= 0.3 is 5.97 Å². The van der Waals surface area contributed by atoms with E-state index in [-0.39, 0.29) is 17.5 Å². The SMILES string of the molecule is Nc1ccnc(C(=O)O)c1OC1CC1. The summed E-state index contributed by atoms with van der Waals surface area (Å²) in [6.07, 6.45) is 3.37. The molecule has 1 fully saturated rings. The number of carboxylic acid groups (broad SMARTS) is 1. The van der Waals surface area contributed by atoms with Crippen molar-refractivity contribution in [1.29, 1.82) is 0 Å². The molecule has 0 spiro atoms. The molecule has 74 valence electrons. The number of nitrogen functional groups attached to an aromatic ring is 1. The second kappa shape index (κ2) is 3.17. The highest BCUT2D eigenvalue weighted by Gasteiger charge is 2.27. The highest BCUT2D eigenvalue weighted by Crippen LogP contribution is 2.32. The Labute approximate surface area is 80.5 Å². The fraction of sp³-hybridized carbons (Fsp3) is 0.333. The number of carboxylic acids is 1. The molecule has 5 nitrogen and oxygen atoms in total. The molecule has 1 aliphatic carbocycles. The van der Waals surface area contributed by atoms with Crippen molar-refractivity contribution in [2.75, 3.05) is 5.73 Å². The summed E-state index contributed by atoms with van der Waals surface area (Å²) in [4.78, 5) is 14.5. The van der Waals surface area contributed by atoms with Gasteiger partial charge in [-0.2, -0.15) is 0 Å². The number of pyridine rings is 1. The van der Waals surface area contributed by atoms with Gasteiger partial charge in [-0.3, -0.25) is 0 Å². The van der Waals surface area contributed by atoms with Gasteiger partial charge in [0.2, 0.25) is 0 Å². The average Bonchev–Trinajstić information content (AvgIpc) is 2.91. The Morgan fingerprint density at radius 1 is 1.64 bits per heavy atom. The van der Waals surface area contributed by atoms with Gasteiger partial charge in [0.05, 0.1) is 11.8 Å². The Hall–Kier alpha value is -1.78. The lowest BCUT2D eigenvalue weighted by Crippen LogP contribution is -2.09. The zero-order chi connectivity index (χ0) is 10.1. The second-order valence-corrected chi connectivity index (χ2v) is 3.20. The predicted octanol–water partition coefficient (Wildman–Crippen LogP) is 0.903. The van der Waals surface area contributed by atoms with Crippen LogP contribution in [0.2, 0.25) is 0 Å². The summed E-state index contributed by atoms with van der Waals surface area (Å²) < 4.78 is 5.38. The Kier molecular flexibility index (Phi) is 1.99. The zero-order valence-corrected chi connectivity index (χ0v) is 7.43. The van der Waals surface area contributed by atoms with Gasteiger partial charge in [0.25, 0.3) is 0 Å². The monoisotopic (exact) mass is 194 g/mol. The predicted molar refractivity (Wildman–Crippen MR) is 49.3 cm³/mol. The minimum absolute atomic E-state index is 0.111. The molecule has 5 heteroatoms. The molecule has 1 aromatic rings. The number of nitrogens with two attached hydrogens (primary N) is 1. The molecule has 0 radical (unpaired) electrons. The molecule has 0 amide bonds. The normalized spacial score (nSPS) is 15.1. The molecular formula is C9H10N2O3. The number of aromatic carboxylic acids is 1. The Balaban J connectivity index is 2.36. The lowest BCUT2D eigenvalue weighted by Gasteiger charge is -2.09. The van der Waals surface area contributed by atoms with Crippen LogP contribution < -0.4 is 10.5 Å². The van der Waals surface area contributed by atoms with Crippen molar-refractivity contribution in [3.05, 3.63) is 18.0 Å². The van der Waals surface area contributed by atoms with E-state index >= 15 is 0 Å². The van der Waals surface area contributed by atoms with Crippen molar-refractivity contribution in [1.82, 2.24) is 4.98 Å². The van der Waals surface area contributed by atoms with Gasteiger partial charge in [-0.25, -0.2) is 9.78 Å². The summed E-state index contributed by atoms with van der Waals surface area (Å²) >= 11 is 0. The summed E-state index contributed by atoms with van der Waals surface area (Å²) in [5, 5.41) is 8.83. The summed E-state index contributed by atoms with van der Waals surface area (Å²) in [5.74, 6) is -0.921. The first-order chi connectivity index (χ1) is 6.68. The number of anilines is 1. The molecule has 0 saturated heterocycles. The maximum Gasteiger partial charge on any atom is 0.358 e. The highest BCUT2D eigenvalue weighted by molar-refractivity contribution is 5.90. The third kappa shape index (κ3) is 1.61. The molecule has 0 aromatic carbocycles. The molecule has 1 saturated carbocycles. The number of carbonyl (C=O) groups is 1. The molecule has 0 unspecified atom stereocenters. The number of ether oxygens (including phenoxy) is 1. The van der Waals surface area contributed by atoms with E-state index in [1.807, 2.05) is 0 Å². The molecule has 14 heavy (non-hydrogen) atoms. The smallest absolute Gasteiger partial charge is 0.358 e. The van der Waals surface area contributed by atoms with E-state index in [1.165, 1.54) is 12.3 Å². The first-order valence-corrected chi connectivity index (χ1v) is 4.33. The standard InChI is InChI=1S/C9H10N2O3/c10-6-3-4-11-7(9(12)13)8(6)14-5-1-2-5/h3-5H,1-2H2,(H2,10,11)(H,12,13). The Bertz CT molecular complexity index is 374. The molecule has 2 rings (SSSR count). The quantitative estimate of drug-likeness (QED) is 0.746. The number of nitrogens with zero attached hydrogens (tertiary/aromatic N) is 1. The van der Waals surface area contributed by atoms with Crippen molar-refractivity contribution in [3.8, 4) is 5.75 Å².